The number of hydrogen-bond donors (Lipinski definition) is 2. The summed E-state index contributed by atoms with van der Waals surface area (Å²) in [5, 5.41) is 6.06. The van der Waals surface area contributed by atoms with Crippen LogP contribution in [0.15, 0.2) is 0 Å². The highest BCUT2D eigenvalue weighted by molar-refractivity contribution is 5.77. The molecule has 1 aliphatic rings. The molecule has 110 valence electrons. The minimum Gasteiger partial charge on any atom is -0.450 e. The molecular weight excluding hydrogens is 246 g/mol. The first-order valence-electron chi connectivity index (χ1n) is 7.09. The van der Waals surface area contributed by atoms with Crippen molar-refractivity contribution in [2.24, 2.45) is 0 Å². The predicted molar refractivity (Wildman–Crippen MR) is 72.9 cm³/mol. The van der Waals surface area contributed by atoms with Gasteiger partial charge in [-0.2, -0.15) is 0 Å². The van der Waals surface area contributed by atoms with Crippen LogP contribution in [-0.4, -0.2) is 55.7 Å². The first kappa shape index (κ1) is 15.8. The van der Waals surface area contributed by atoms with E-state index in [1.807, 2.05) is 6.92 Å². The van der Waals surface area contributed by atoms with Gasteiger partial charge >= 0.3 is 6.09 Å². The predicted octanol–water partition coefficient (Wildman–Crippen LogP) is 0.723. The van der Waals surface area contributed by atoms with Crippen LogP contribution in [0.3, 0.4) is 0 Å². The van der Waals surface area contributed by atoms with Crippen molar-refractivity contribution in [1.82, 2.24) is 15.5 Å². The summed E-state index contributed by atoms with van der Waals surface area (Å²) in [4.78, 5) is 24.7. The summed E-state index contributed by atoms with van der Waals surface area (Å²) in [6.07, 6.45) is 2.44. The van der Waals surface area contributed by atoms with E-state index in [4.69, 9.17) is 4.74 Å². The molecule has 1 fully saturated rings. The average Bonchev–Trinajstić information content (AvgIpc) is 2.43. The van der Waals surface area contributed by atoms with Gasteiger partial charge < -0.3 is 20.3 Å². The molecule has 6 heteroatoms. The molecule has 0 atom stereocenters. The number of likely N-dealkylation sites (tertiary alicyclic amines) is 1. The molecule has 1 saturated heterocycles. The largest absolute Gasteiger partial charge is 0.450 e. The Labute approximate surface area is 114 Å². The maximum Gasteiger partial charge on any atom is 0.409 e. The molecule has 0 aromatic heterocycles. The molecule has 1 rings (SSSR count). The monoisotopic (exact) mass is 271 g/mol. The van der Waals surface area contributed by atoms with Crippen molar-refractivity contribution in [3.63, 3.8) is 0 Å². The molecule has 0 aliphatic carbocycles. The second-order valence-corrected chi connectivity index (χ2v) is 4.69. The molecule has 2 amide bonds. The molecule has 1 aliphatic heterocycles. The lowest BCUT2D eigenvalue weighted by Gasteiger charge is -2.31. The minimum atomic E-state index is -0.235. The Balaban J connectivity index is 2.16. The van der Waals surface area contributed by atoms with Crippen molar-refractivity contribution >= 4 is 12.0 Å². The van der Waals surface area contributed by atoms with Gasteiger partial charge in [0.15, 0.2) is 0 Å². The number of carbonyl (C=O) groups excluding carboxylic acids is 2. The molecule has 1 heterocycles. The van der Waals surface area contributed by atoms with Crippen LogP contribution in [0, 0.1) is 0 Å². The van der Waals surface area contributed by atoms with Gasteiger partial charge in [-0.3, -0.25) is 4.79 Å². The highest BCUT2D eigenvalue weighted by Crippen LogP contribution is 2.11. The van der Waals surface area contributed by atoms with Gasteiger partial charge in [-0.1, -0.05) is 6.92 Å². The molecular formula is C13H25N3O3. The number of amides is 2. The third kappa shape index (κ3) is 5.92. The number of piperidine rings is 1. The molecule has 0 bridgehead atoms. The second-order valence-electron chi connectivity index (χ2n) is 4.69. The normalized spacial score (nSPS) is 16.2. The van der Waals surface area contributed by atoms with E-state index in [2.05, 4.69) is 10.6 Å². The SMILES string of the molecule is CCCNC(=O)CNC1CCN(C(=O)OCC)CC1. The number of ether oxygens (including phenoxy) is 1. The van der Waals surface area contributed by atoms with Gasteiger partial charge in [0.2, 0.25) is 5.91 Å². The molecule has 6 nitrogen and oxygen atoms in total. The van der Waals surface area contributed by atoms with Crippen molar-refractivity contribution in [2.75, 3.05) is 32.8 Å². The van der Waals surface area contributed by atoms with Crippen molar-refractivity contribution in [3.8, 4) is 0 Å². The molecule has 0 saturated carbocycles. The van der Waals surface area contributed by atoms with Gasteiger partial charge in [-0.25, -0.2) is 4.79 Å². The molecule has 0 radical (unpaired) electrons. The zero-order valence-electron chi connectivity index (χ0n) is 11.9. The van der Waals surface area contributed by atoms with Crippen molar-refractivity contribution in [2.45, 2.75) is 39.2 Å². The third-order valence-corrected chi connectivity index (χ3v) is 3.14. The van der Waals surface area contributed by atoms with E-state index < -0.39 is 0 Å². The van der Waals surface area contributed by atoms with Gasteiger partial charge in [0.1, 0.15) is 0 Å². The molecule has 2 N–H and O–H groups in total. The number of nitrogens with one attached hydrogen (secondary N) is 2. The quantitative estimate of drug-likeness (QED) is 0.747. The van der Waals surface area contributed by atoms with Crippen molar-refractivity contribution in [1.29, 1.82) is 0 Å². The molecule has 0 aromatic rings. The fourth-order valence-corrected chi connectivity index (χ4v) is 2.04. The summed E-state index contributed by atoms with van der Waals surface area (Å²) >= 11 is 0. The van der Waals surface area contributed by atoms with Crippen LogP contribution in [0.4, 0.5) is 4.79 Å². The lowest BCUT2D eigenvalue weighted by molar-refractivity contribution is -0.120. The van der Waals surface area contributed by atoms with Crippen molar-refractivity contribution in [3.05, 3.63) is 0 Å². The number of nitrogens with zero attached hydrogens (tertiary/aromatic N) is 1. The zero-order valence-corrected chi connectivity index (χ0v) is 11.9. The Bertz CT molecular complexity index is 289. The topological polar surface area (TPSA) is 70.7 Å². The Morgan fingerprint density at radius 3 is 2.53 bits per heavy atom. The van der Waals surface area contributed by atoms with E-state index in [0.29, 0.717) is 32.3 Å². The minimum absolute atomic E-state index is 0.0367. The Kier molecular flexibility index (Phi) is 7.25. The molecule has 0 spiro atoms. The summed E-state index contributed by atoms with van der Waals surface area (Å²) in [5.41, 5.74) is 0. The first-order valence-corrected chi connectivity index (χ1v) is 7.09. The maximum atomic E-state index is 11.5. The first-order chi connectivity index (χ1) is 9.17. The van der Waals surface area contributed by atoms with Crippen LogP contribution < -0.4 is 10.6 Å². The molecule has 0 unspecified atom stereocenters. The number of carbonyl (C=O) groups is 2. The van der Waals surface area contributed by atoms with Gasteiger partial charge in [-0.15, -0.1) is 0 Å². The van der Waals surface area contributed by atoms with E-state index >= 15 is 0 Å². The van der Waals surface area contributed by atoms with Gasteiger partial charge in [0.25, 0.3) is 0 Å². The van der Waals surface area contributed by atoms with Crippen LogP contribution in [0.5, 0.6) is 0 Å². The fraction of sp³-hybridized carbons (Fsp3) is 0.846. The van der Waals surface area contributed by atoms with Gasteiger partial charge in [0.05, 0.1) is 13.2 Å². The summed E-state index contributed by atoms with van der Waals surface area (Å²) < 4.78 is 4.96. The molecule has 19 heavy (non-hydrogen) atoms. The highest BCUT2D eigenvalue weighted by Gasteiger charge is 2.23. The average molecular weight is 271 g/mol. The standard InChI is InChI=1S/C13H25N3O3/c1-3-7-14-12(17)10-15-11-5-8-16(9-6-11)13(18)19-4-2/h11,15H,3-10H2,1-2H3,(H,14,17). The van der Waals surface area contributed by atoms with Crippen LogP contribution in [0.1, 0.15) is 33.1 Å². The lowest BCUT2D eigenvalue weighted by Crippen LogP contribution is -2.47. The zero-order chi connectivity index (χ0) is 14.1. The summed E-state index contributed by atoms with van der Waals surface area (Å²) in [5.74, 6) is 0.0367. The lowest BCUT2D eigenvalue weighted by atomic mass is 10.1. The van der Waals surface area contributed by atoms with Crippen LogP contribution in [-0.2, 0) is 9.53 Å². The second kappa shape index (κ2) is 8.74. The summed E-state index contributed by atoms with van der Waals surface area (Å²) in [6.45, 7) is 6.70. The number of hydrogen-bond acceptors (Lipinski definition) is 4. The van der Waals surface area contributed by atoms with Gasteiger partial charge in [0, 0.05) is 25.7 Å². The number of rotatable bonds is 6. The smallest absolute Gasteiger partial charge is 0.409 e. The van der Waals surface area contributed by atoms with Crippen LogP contribution >= 0.6 is 0 Å². The van der Waals surface area contributed by atoms with Gasteiger partial charge in [-0.05, 0) is 26.2 Å². The Morgan fingerprint density at radius 2 is 1.95 bits per heavy atom. The maximum absolute atomic E-state index is 11.5. The van der Waals surface area contributed by atoms with E-state index in [1.165, 1.54) is 0 Å². The van der Waals surface area contributed by atoms with Crippen LogP contribution in [0.2, 0.25) is 0 Å². The van der Waals surface area contributed by atoms with Crippen molar-refractivity contribution < 1.29 is 14.3 Å². The van der Waals surface area contributed by atoms with E-state index in [0.717, 1.165) is 25.8 Å². The fourth-order valence-electron chi connectivity index (χ4n) is 2.04. The summed E-state index contributed by atoms with van der Waals surface area (Å²) in [6, 6.07) is 0.304. The highest BCUT2D eigenvalue weighted by atomic mass is 16.6. The Morgan fingerprint density at radius 1 is 1.26 bits per heavy atom. The van der Waals surface area contributed by atoms with Crippen LogP contribution in [0.25, 0.3) is 0 Å². The third-order valence-electron chi connectivity index (χ3n) is 3.14. The molecule has 0 aromatic carbocycles. The van der Waals surface area contributed by atoms with E-state index in [-0.39, 0.29) is 12.0 Å². The van der Waals surface area contributed by atoms with E-state index in [1.54, 1.807) is 11.8 Å². The Hall–Kier alpha value is -1.30. The van der Waals surface area contributed by atoms with E-state index in [9.17, 15) is 9.59 Å². The summed E-state index contributed by atoms with van der Waals surface area (Å²) in [7, 11) is 0.